The Morgan fingerprint density at radius 3 is 2.82 bits per heavy atom. The molecule has 0 aliphatic carbocycles. The summed E-state index contributed by atoms with van der Waals surface area (Å²) in [4.78, 5) is 14.5. The number of carbonyl (C=O) groups is 1. The molecule has 0 aromatic carbocycles. The fourth-order valence-electron chi connectivity index (χ4n) is 2.73. The molecule has 0 bridgehead atoms. The Bertz CT molecular complexity index is 255. The van der Waals surface area contributed by atoms with Gasteiger partial charge in [-0.25, -0.2) is 0 Å². The molecule has 0 aromatic rings. The maximum Gasteiger partial charge on any atom is 0.227 e. The van der Waals surface area contributed by atoms with Crippen LogP contribution >= 0.6 is 0 Å². The third-order valence-corrected chi connectivity index (χ3v) is 4.05. The molecule has 1 amide bonds. The van der Waals surface area contributed by atoms with Gasteiger partial charge in [0.2, 0.25) is 5.91 Å². The Morgan fingerprint density at radius 1 is 1.41 bits per heavy atom. The molecule has 2 heterocycles. The van der Waals surface area contributed by atoms with Gasteiger partial charge in [-0.15, -0.1) is 0 Å². The third-order valence-electron chi connectivity index (χ3n) is 4.05. The first-order valence-electron chi connectivity index (χ1n) is 6.92. The van der Waals surface area contributed by atoms with Gasteiger partial charge in [0, 0.05) is 13.1 Å². The lowest BCUT2D eigenvalue weighted by Crippen LogP contribution is -2.41. The van der Waals surface area contributed by atoms with Crippen molar-refractivity contribution in [1.29, 1.82) is 0 Å². The minimum atomic E-state index is -0.173. The van der Waals surface area contributed by atoms with E-state index in [4.69, 9.17) is 0 Å². The summed E-state index contributed by atoms with van der Waals surface area (Å²) in [5.74, 6) is 0.226. The highest BCUT2D eigenvalue weighted by atomic mass is 16.2. The van der Waals surface area contributed by atoms with E-state index in [0.29, 0.717) is 0 Å². The number of hydrogen-bond donors (Lipinski definition) is 2. The van der Waals surface area contributed by atoms with Crippen LogP contribution in [0.25, 0.3) is 0 Å². The van der Waals surface area contributed by atoms with E-state index in [9.17, 15) is 4.79 Å². The molecule has 0 aromatic heterocycles. The SMILES string of the molecule is CC1(C(=O)NCCCN2CCCC2)CCNC1. The van der Waals surface area contributed by atoms with Gasteiger partial charge < -0.3 is 15.5 Å². The molecular weight excluding hydrogens is 214 g/mol. The molecule has 17 heavy (non-hydrogen) atoms. The molecule has 0 saturated carbocycles. The smallest absolute Gasteiger partial charge is 0.227 e. The van der Waals surface area contributed by atoms with Crippen LogP contribution in [0.5, 0.6) is 0 Å². The van der Waals surface area contributed by atoms with Crippen LogP contribution in [0.3, 0.4) is 0 Å². The summed E-state index contributed by atoms with van der Waals surface area (Å²) < 4.78 is 0. The molecule has 0 radical (unpaired) electrons. The molecule has 2 aliphatic heterocycles. The second-order valence-electron chi connectivity index (χ2n) is 5.65. The van der Waals surface area contributed by atoms with Crippen molar-refractivity contribution in [3.63, 3.8) is 0 Å². The monoisotopic (exact) mass is 239 g/mol. The van der Waals surface area contributed by atoms with Crippen molar-refractivity contribution < 1.29 is 4.79 Å². The maximum absolute atomic E-state index is 12.0. The number of likely N-dealkylation sites (tertiary alicyclic amines) is 1. The summed E-state index contributed by atoms with van der Waals surface area (Å²) in [6.45, 7) is 8.30. The molecule has 2 rings (SSSR count). The van der Waals surface area contributed by atoms with Crippen LogP contribution in [-0.2, 0) is 4.79 Å². The van der Waals surface area contributed by atoms with Gasteiger partial charge in [0.15, 0.2) is 0 Å². The minimum absolute atomic E-state index is 0.173. The highest BCUT2D eigenvalue weighted by molar-refractivity contribution is 5.82. The quantitative estimate of drug-likeness (QED) is 0.690. The molecule has 4 heteroatoms. The zero-order valence-corrected chi connectivity index (χ0v) is 10.9. The predicted molar refractivity (Wildman–Crippen MR) is 68.9 cm³/mol. The van der Waals surface area contributed by atoms with Crippen molar-refractivity contribution >= 4 is 5.91 Å². The fourth-order valence-corrected chi connectivity index (χ4v) is 2.73. The highest BCUT2D eigenvalue weighted by Gasteiger charge is 2.35. The fraction of sp³-hybridized carbons (Fsp3) is 0.923. The first-order valence-corrected chi connectivity index (χ1v) is 6.92. The lowest BCUT2D eigenvalue weighted by molar-refractivity contribution is -0.129. The first kappa shape index (κ1) is 12.8. The summed E-state index contributed by atoms with van der Waals surface area (Å²) in [6, 6.07) is 0. The van der Waals surface area contributed by atoms with Gasteiger partial charge in [0.05, 0.1) is 5.41 Å². The van der Waals surface area contributed by atoms with E-state index in [1.165, 1.54) is 25.9 Å². The second-order valence-corrected chi connectivity index (χ2v) is 5.65. The number of rotatable bonds is 5. The molecule has 1 atom stereocenters. The standard InChI is InChI=1S/C13H25N3O/c1-13(5-7-14-11-13)12(17)15-6-4-10-16-8-2-3-9-16/h14H,2-11H2,1H3,(H,15,17). The number of hydrogen-bond acceptors (Lipinski definition) is 3. The molecule has 1 unspecified atom stereocenters. The molecule has 2 saturated heterocycles. The van der Waals surface area contributed by atoms with E-state index in [0.717, 1.165) is 39.0 Å². The average molecular weight is 239 g/mol. The Balaban J connectivity index is 1.59. The Labute approximate surface area is 104 Å². The number of nitrogens with zero attached hydrogens (tertiary/aromatic N) is 1. The van der Waals surface area contributed by atoms with Crippen LogP contribution in [0.15, 0.2) is 0 Å². The zero-order valence-electron chi connectivity index (χ0n) is 10.9. The summed E-state index contributed by atoms with van der Waals surface area (Å²) in [7, 11) is 0. The van der Waals surface area contributed by atoms with E-state index in [-0.39, 0.29) is 11.3 Å². The number of nitrogens with one attached hydrogen (secondary N) is 2. The molecule has 0 spiro atoms. The van der Waals surface area contributed by atoms with E-state index in [1.54, 1.807) is 0 Å². The molecule has 2 fully saturated rings. The molecule has 98 valence electrons. The van der Waals surface area contributed by atoms with E-state index < -0.39 is 0 Å². The number of carbonyl (C=O) groups excluding carboxylic acids is 1. The molecular formula is C13H25N3O. The molecule has 4 nitrogen and oxygen atoms in total. The summed E-state index contributed by atoms with van der Waals surface area (Å²) in [5.41, 5.74) is -0.173. The Kier molecular flexibility index (Phi) is 4.40. The Morgan fingerprint density at radius 2 is 2.18 bits per heavy atom. The van der Waals surface area contributed by atoms with Crippen molar-refractivity contribution in [1.82, 2.24) is 15.5 Å². The van der Waals surface area contributed by atoms with Gasteiger partial charge in [-0.2, -0.15) is 0 Å². The highest BCUT2D eigenvalue weighted by Crippen LogP contribution is 2.24. The van der Waals surface area contributed by atoms with Crippen LogP contribution < -0.4 is 10.6 Å². The van der Waals surface area contributed by atoms with Crippen LogP contribution in [0, 0.1) is 5.41 Å². The zero-order chi connectivity index (χ0) is 12.1. The topological polar surface area (TPSA) is 44.4 Å². The molecule has 2 aliphatic rings. The summed E-state index contributed by atoms with van der Waals surface area (Å²) in [6.07, 6.45) is 4.73. The summed E-state index contributed by atoms with van der Waals surface area (Å²) >= 11 is 0. The van der Waals surface area contributed by atoms with Crippen molar-refractivity contribution in [3.05, 3.63) is 0 Å². The lowest BCUT2D eigenvalue weighted by atomic mass is 9.89. The third kappa shape index (κ3) is 3.42. The van der Waals surface area contributed by atoms with Gasteiger partial charge in [0.1, 0.15) is 0 Å². The first-order chi connectivity index (χ1) is 8.21. The lowest BCUT2D eigenvalue weighted by Gasteiger charge is -2.22. The van der Waals surface area contributed by atoms with Crippen LogP contribution in [0.2, 0.25) is 0 Å². The van der Waals surface area contributed by atoms with Crippen LogP contribution in [0.4, 0.5) is 0 Å². The van der Waals surface area contributed by atoms with Crippen LogP contribution in [-0.4, -0.2) is 50.1 Å². The van der Waals surface area contributed by atoms with E-state index in [2.05, 4.69) is 22.5 Å². The van der Waals surface area contributed by atoms with Gasteiger partial charge in [0.25, 0.3) is 0 Å². The second kappa shape index (κ2) is 5.83. The van der Waals surface area contributed by atoms with Gasteiger partial charge in [-0.05, 0) is 58.8 Å². The van der Waals surface area contributed by atoms with E-state index in [1.807, 2.05) is 0 Å². The largest absolute Gasteiger partial charge is 0.356 e. The Hall–Kier alpha value is -0.610. The van der Waals surface area contributed by atoms with Crippen molar-refractivity contribution in [2.24, 2.45) is 5.41 Å². The van der Waals surface area contributed by atoms with Gasteiger partial charge in [-0.3, -0.25) is 4.79 Å². The summed E-state index contributed by atoms with van der Waals surface area (Å²) in [5, 5.41) is 6.34. The minimum Gasteiger partial charge on any atom is -0.356 e. The average Bonchev–Trinajstić information content (AvgIpc) is 2.96. The van der Waals surface area contributed by atoms with Crippen molar-refractivity contribution in [2.45, 2.75) is 32.6 Å². The maximum atomic E-state index is 12.0. The van der Waals surface area contributed by atoms with Crippen molar-refractivity contribution in [3.8, 4) is 0 Å². The molecule has 2 N–H and O–H groups in total. The van der Waals surface area contributed by atoms with Crippen LogP contribution in [0.1, 0.15) is 32.6 Å². The van der Waals surface area contributed by atoms with Gasteiger partial charge in [-0.1, -0.05) is 0 Å². The normalized spacial score (nSPS) is 29.7. The predicted octanol–water partition coefficient (Wildman–Crippen LogP) is 0.588. The number of amides is 1. The van der Waals surface area contributed by atoms with Crippen molar-refractivity contribution in [2.75, 3.05) is 39.3 Å². The van der Waals surface area contributed by atoms with E-state index >= 15 is 0 Å². The van der Waals surface area contributed by atoms with Gasteiger partial charge >= 0.3 is 0 Å².